The molecule has 1 fully saturated rings. The maximum absolute atomic E-state index is 13.6. The molecule has 0 bridgehead atoms. The third kappa shape index (κ3) is 2.18. The minimum absolute atomic E-state index is 0.0485. The molecule has 1 aromatic carbocycles. The quantitative estimate of drug-likeness (QED) is 0.822. The Morgan fingerprint density at radius 2 is 2.00 bits per heavy atom. The van der Waals surface area contributed by atoms with Gasteiger partial charge in [-0.1, -0.05) is 13.8 Å². The van der Waals surface area contributed by atoms with Crippen LogP contribution in [0.4, 0.5) is 14.5 Å². The van der Waals surface area contributed by atoms with Gasteiger partial charge in [-0.3, -0.25) is 0 Å². The van der Waals surface area contributed by atoms with Gasteiger partial charge in [-0.2, -0.15) is 0 Å². The summed E-state index contributed by atoms with van der Waals surface area (Å²) in [7, 11) is 0. The van der Waals surface area contributed by atoms with E-state index in [1.807, 2.05) is 13.8 Å². The summed E-state index contributed by atoms with van der Waals surface area (Å²) < 4.78 is 27.0. The van der Waals surface area contributed by atoms with Crippen LogP contribution in [0.2, 0.25) is 0 Å². The van der Waals surface area contributed by atoms with E-state index in [9.17, 15) is 13.9 Å². The van der Waals surface area contributed by atoms with Crippen LogP contribution in [0.5, 0.6) is 0 Å². The van der Waals surface area contributed by atoms with E-state index < -0.39 is 17.7 Å². The number of benzene rings is 1. The maximum Gasteiger partial charge on any atom is 0.147 e. The zero-order valence-corrected chi connectivity index (χ0v) is 11.2. The van der Waals surface area contributed by atoms with Crippen molar-refractivity contribution in [2.45, 2.75) is 32.4 Å². The van der Waals surface area contributed by atoms with E-state index in [2.05, 4.69) is 21.2 Å². The van der Waals surface area contributed by atoms with Crippen LogP contribution in [0.3, 0.4) is 0 Å². The third-order valence-corrected chi connectivity index (χ3v) is 4.16. The monoisotopic (exact) mass is 305 g/mol. The summed E-state index contributed by atoms with van der Waals surface area (Å²) in [6.45, 7) is 3.79. The van der Waals surface area contributed by atoms with Crippen molar-refractivity contribution < 1.29 is 13.9 Å². The zero-order chi connectivity index (χ0) is 12.8. The lowest BCUT2D eigenvalue weighted by Gasteiger charge is -2.49. The van der Waals surface area contributed by atoms with Gasteiger partial charge in [0.05, 0.1) is 16.3 Å². The molecule has 0 heterocycles. The topological polar surface area (TPSA) is 32.3 Å². The number of hydrogen-bond donors (Lipinski definition) is 2. The first-order valence-electron chi connectivity index (χ1n) is 5.41. The first kappa shape index (κ1) is 12.8. The summed E-state index contributed by atoms with van der Waals surface area (Å²) in [5.41, 5.74) is -0.189. The normalized spacial score (nSPS) is 26.5. The highest BCUT2D eigenvalue weighted by atomic mass is 79.9. The lowest BCUT2D eigenvalue weighted by atomic mass is 9.64. The molecule has 2 nitrogen and oxygen atoms in total. The van der Waals surface area contributed by atoms with Gasteiger partial charge in [-0.05, 0) is 28.4 Å². The highest BCUT2D eigenvalue weighted by Gasteiger charge is 2.47. The van der Waals surface area contributed by atoms with Crippen LogP contribution in [0.25, 0.3) is 0 Å². The Morgan fingerprint density at radius 1 is 1.35 bits per heavy atom. The van der Waals surface area contributed by atoms with E-state index in [-0.39, 0.29) is 21.6 Å². The van der Waals surface area contributed by atoms with Gasteiger partial charge in [0, 0.05) is 17.5 Å². The second-order valence-corrected chi connectivity index (χ2v) is 5.87. The van der Waals surface area contributed by atoms with Gasteiger partial charge >= 0.3 is 0 Å². The van der Waals surface area contributed by atoms with E-state index in [0.29, 0.717) is 6.42 Å². The number of nitrogens with one attached hydrogen (secondary N) is 1. The fourth-order valence-electron chi connectivity index (χ4n) is 1.97. The van der Waals surface area contributed by atoms with E-state index in [4.69, 9.17) is 0 Å². The molecular formula is C12H14BrF2NO. The van der Waals surface area contributed by atoms with Gasteiger partial charge in [-0.15, -0.1) is 0 Å². The Kier molecular flexibility index (Phi) is 3.16. The van der Waals surface area contributed by atoms with Crippen LogP contribution < -0.4 is 5.32 Å². The molecule has 2 unspecified atom stereocenters. The van der Waals surface area contributed by atoms with Gasteiger partial charge in [0.1, 0.15) is 11.6 Å². The summed E-state index contributed by atoms with van der Waals surface area (Å²) in [4.78, 5) is 0. The first-order chi connectivity index (χ1) is 7.82. The molecule has 0 radical (unpaired) electrons. The molecule has 1 aliphatic carbocycles. The molecule has 1 aliphatic rings. The molecule has 1 saturated carbocycles. The third-order valence-electron chi connectivity index (χ3n) is 3.56. The smallest absolute Gasteiger partial charge is 0.147 e. The van der Waals surface area contributed by atoms with Crippen molar-refractivity contribution in [1.82, 2.24) is 0 Å². The number of anilines is 1. The van der Waals surface area contributed by atoms with Crippen LogP contribution in [-0.4, -0.2) is 17.3 Å². The van der Waals surface area contributed by atoms with Crippen LogP contribution in [0.15, 0.2) is 16.6 Å². The second kappa shape index (κ2) is 4.21. The zero-order valence-electron chi connectivity index (χ0n) is 9.60. The second-order valence-electron chi connectivity index (χ2n) is 5.02. The van der Waals surface area contributed by atoms with E-state index in [1.54, 1.807) is 0 Å². The summed E-state index contributed by atoms with van der Waals surface area (Å²) in [6, 6.07) is 2.17. The van der Waals surface area contributed by atoms with Crippen LogP contribution >= 0.6 is 15.9 Å². The summed E-state index contributed by atoms with van der Waals surface area (Å²) in [6.07, 6.45) is 0.146. The molecule has 17 heavy (non-hydrogen) atoms. The molecule has 94 valence electrons. The summed E-state index contributed by atoms with van der Waals surface area (Å²) in [5, 5.41) is 12.5. The van der Waals surface area contributed by atoms with Gasteiger partial charge in [0.15, 0.2) is 0 Å². The number of aliphatic hydroxyl groups excluding tert-OH is 1. The predicted molar refractivity (Wildman–Crippen MR) is 65.9 cm³/mol. The van der Waals surface area contributed by atoms with Gasteiger partial charge in [0.25, 0.3) is 0 Å². The number of hydrogen-bond acceptors (Lipinski definition) is 2. The van der Waals surface area contributed by atoms with E-state index in [1.165, 1.54) is 0 Å². The average Bonchev–Trinajstić information content (AvgIpc) is 2.25. The standard InChI is InChI=1S/C12H14BrF2NO/c1-12(2)10(5-11(12)17)16-9-4-7(14)6(13)3-8(9)15/h3-4,10-11,16-17H,5H2,1-2H3. The number of aliphatic hydroxyl groups is 1. The molecule has 5 heteroatoms. The van der Waals surface area contributed by atoms with Crippen molar-refractivity contribution in [2.75, 3.05) is 5.32 Å². The highest BCUT2D eigenvalue weighted by Crippen LogP contribution is 2.42. The van der Waals surface area contributed by atoms with Crippen LogP contribution in [0.1, 0.15) is 20.3 Å². The van der Waals surface area contributed by atoms with Crippen molar-refractivity contribution in [3.8, 4) is 0 Å². The minimum atomic E-state index is -0.508. The SMILES string of the molecule is CC1(C)C(O)CC1Nc1cc(F)c(Br)cc1F. The molecule has 0 aromatic heterocycles. The van der Waals surface area contributed by atoms with E-state index >= 15 is 0 Å². The molecule has 2 rings (SSSR count). The average molecular weight is 306 g/mol. The molecular weight excluding hydrogens is 292 g/mol. The van der Waals surface area contributed by atoms with Crippen LogP contribution in [-0.2, 0) is 0 Å². The molecule has 0 spiro atoms. The van der Waals surface area contributed by atoms with Gasteiger partial charge < -0.3 is 10.4 Å². The summed E-state index contributed by atoms with van der Waals surface area (Å²) >= 11 is 2.93. The summed E-state index contributed by atoms with van der Waals surface area (Å²) in [5.74, 6) is -1.01. The van der Waals surface area contributed by atoms with Crippen molar-refractivity contribution in [2.24, 2.45) is 5.41 Å². The van der Waals surface area contributed by atoms with Crippen molar-refractivity contribution in [3.05, 3.63) is 28.2 Å². The fourth-order valence-corrected chi connectivity index (χ4v) is 2.28. The number of halogens is 3. The molecule has 0 amide bonds. The Hall–Kier alpha value is -0.680. The largest absolute Gasteiger partial charge is 0.392 e. The van der Waals surface area contributed by atoms with Gasteiger partial charge in [-0.25, -0.2) is 8.78 Å². The fraction of sp³-hybridized carbons (Fsp3) is 0.500. The van der Waals surface area contributed by atoms with Crippen LogP contribution in [0, 0.1) is 17.0 Å². The highest BCUT2D eigenvalue weighted by molar-refractivity contribution is 9.10. The molecule has 2 atom stereocenters. The molecule has 0 aliphatic heterocycles. The van der Waals surface area contributed by atoms with Crippen molar-refractivity contribution in [3.63, 3.8) is 0 Å². The molecule has 1 aromatic rings. The maximum atomic E-state index is 13.6. The van der Waals surface area contributed by atoms with E-state index in [0.717, 1.165) is 12.1 Å². The van der Waals surface area contributed by atoms with Crippen molar-refractivity contribution >= 4 is 21.6 Å². The Labute approximate surface area is 107 Å². The van der Waals surface area contributed by atoms with Crippen molar-refractivity contribution in [1.29, 1.82) is 0 Å². The molecule has 2 N–H and O–H groups in total. The predicted octanol–water partition coefficient (Wildman–Crippen LogP) is 3.30. The Morgan fingerprint density at radius 3 is 2.53 bits per heavy atom. The Balaban J connectivity index is 2.18. The number of rotatable bonds is 2. The van der Waals surface area contributed by atoms with Gasteiger partial charge in [0.2, 0.25) is 0 Å². The molecule has 0 saturated heterocycles. The lowest BCUT2D eigenvalue weighted by Crippen LogP contribution is -2.57. The minimum Gasteiger partial charge on any atom is -0.392 e. The Bertz CT molecular complexity index is 450. The first-order valence-corrected chi connectivity index (χ1v) is 6.21. The lowest BCUT2D eigenvalue weighted by molar-refractivity contribution is -0.0511.